The van der Waals surface area contributed by atoms with Crippen LogP contribution in [0.2, 0.25) is 0 Å². The molecule has 5 nitrogen and oxygen atoms in total. The molecule has 0 aliphatic carbocycles. The van der Waals surface area contributed by atoms with Gasteiger partial charge in [0.2, 0.25) is 5.91 Å². The van der Waals surface area contributed by atoms with Crippen LogP contribution < -0.4 is 4.74 Å². The number of nitrogens with zero attached hydrogens (tertiary/aromatic N) is 1. The van der Waals surface area contributed by atoms with E-state index in [4.69, 9.17) is 9.47 Å². The van der Waals surface area contributed by atoms with Gasteiger partial charge in [0.25, 0.3) is 0 Å². The van der Waals surface area contributed by atoms with E-state index in [9.17, 15) is 9.59 Å². The average molecular weight is 356 g/mol. The van der Waals surface area contributed by atoms with E-state index in [-0.39, 0.29) is 17.9 Å². The fraction of sp³-hybridized carbons (Fsp3) is 0.467. The number of rotatable bonds is 4. The topological polar surface area (TPSA) is 55.8 Å². The predicted molar refractivity (Wildman–Crippen MR) is 81.0 cm³/mol. The van der Waals surface area contributed by atoms with Crippen molar-refractivity contribution < 1.29 is 19.1 Å². The van der Waals surface area contributed by atoms with Crippen molar-refractivity contribution in [1.82, 2.24) is 4.90 Å². The van der Waals surface area contributed by atoms with Crippen molar-refractivity contribution in [2.45, 2.75) is 31.8 Å². The van der Waals surface area contributed by atoms with Gasteiger partial charge in [0.1, 0.15) is 11.8 Å². The zero-order valence-corrected chi connectivity index (χ0v) is 13.8. The summed E-state index contributed by atoms with van der Waals surface area (Å²) in [6.45, 7) is 1.91. The number of esters is 1. The molecular weight excluding hydrogens is 338 g/mol. The van der Waals surface area contributed by atoms with Crippen molar-refractivity contribution in [2.24, 2.45) is 0 Å². The Labute approximate surface area is 132 Å². The van der Waals surface area contributed by atoms with Gasteiger partial charge in [-0.1, -0.05) is 6.07 Å². The first-order valence-corrected chi connectivity index (χ1v) is 7.51. The van der Waals surface area contributed by atoms with Crippen LogP contribution in [0, 0.1) is 0 Å². The first-order valence-electron chi connectivity index (χ1n) is 6.72. The molecule has 2 rings (SSSR count). The van der Waals surface area contributed by atoms with E-state index in [2.05, 4.69) is 15.9 Å². The highest BCUT2D eigenvalue weighted by atomic mass is 79.9. The highest BCUT2D eigenvalue weighted by Crippen LogP contribution is 2.34. The number of ether oxygens (including phenoxy) is 2. The fourth-order valence-corrected chi connectivity index (χ4v) is 3.22. The number of halogens is 1. The lowest BCUT2D eigenvalue weighted by Crippen LogP contribution is -2.40. The molecule has 21 heavy (non-hydrogen) atoms. The van der Waals surface area contributed by atoms with E-state index < -0.39 is 6.04 Å². The smallest absolute Gasteiger partial charge is 0.328 e. The number of methoxy groups -OCH3 is 2. The molecule has 0 N–H and O–H groups in total. The molecule has 0 spiro atoms. The lowest BCUT2D eigenvalue weighted by atomic mass is 10.1. The Balaban J connectivity index is 2.28. The lowest BCUT2D eigenvalue weighted by Gasteiger charge is -2.30. The Bertz CT molecular complexity index is 561. The maximum Gasteiger partial charge on any atom is 0.328 e. The number of hydrogen-bond acceptors (Lipinski definition) is 4. The highest BCUT2D eigenvalue weighted by molar-refractivity contribution is 9.10. The van der Waals surface area contributed by atoms with Gasteiger partial charge in [-0.25, -0.2) is 4.79 Å². The van der Waals surface area contributed by atoms with Crippen molar-refractivity contribution in [3.8, 4) is 5.75 Å². The molecule has 1 fully saturated rings. The van der Waals surface area contributed by atoms with Gasteiger partial charge in [0, 0.05) is 6.42 Å². The van der Waals surface area contributed by atoms with Crippen LogP contribution in [0.4, 0.5) is 0 Å². The van der Waals surface area contributed by atoms with Gasteiger partial charge in [-0.05, 0) is 47.0 Å². The molecule has 114 valence electrons. The first kappa shape index (κ1) is 15.8. The molecule has 0 aromatic heterocycles. The first-order chi connectivity index (χ1) is 9.99. The third-order valence-corrected chi connectivity index (χ3v) is 4.42. The van der Waals surface area contributed by atoms with Gasteiger partial charge in [0.15, 0.2) is 0 Å². The molecule has 0 radical (unpaired) electrons. The van der Waals surface area contributed by atoms with E-state index in [1.165, 1.54) is 7.11 Å². The van der Waals surface area contributed by atoms with Crippen LogP contribution in [0.3, 0.4) is 0 Å². The number of carbonyl (C=O) groups excluding carboxylic acids is 2. The standard InChI is InChI=1S/C15H18BrNO4/c1-9(10-4-6-13(20-2)11(16)8-10)17-12(15(19)21-3)5-7-14(17)18/h4,6,8-9,12H,5,7H2,1-3H3. The van der Waals surface area contributed by atoms with Crippen molar-refractivity contribution in [2.75, 3.05) is 14.2 Å². The Morgan fingerprint density at radius 1 is 1.43 bits per heavy atom. The van der Waals surface area contributed by atoms with Crippen LogP contribution >= 0.6 is 15.9 Å². The predicted octanol–water partition coefficient (Wildman–Crippen LogP) is 2.68. The summed E-state index contributed by atoms with van der Waals surface area (Å²) in [5.41, 5.74) is 0.937. The molecule has 0 bridgehead atoms. The van der Waals surface area contributed by atoms with E-state index in [1.807, 2.05) is 25.1 Å². The number of benzene rings is 1. The van der Waals surface area contributed by atoms with Gasteiger partial charge >= 0.3 is 5.97 Å². The summed E-state index contributed by atoms with van der Waals surface area (Å²) in [5.74, 6) is 0.341. The zero-order valence-electron chi connectivity index (χ0n) is 12.3. The molecule has 1 aromatic rings. The van der Waals surface area contributed by atoms with E-state index in [0.717, 1.165) is 15.8 Å². The lowest BCUT2D eigenvalue weighted by molar-refractivity contribution is -0.150. The summed E-state index contributed by atoms with van der Waals surface area (Å²) < 4.78 is 10.8. The zero-order chi connectivity index (χ0) is 15.6. The Morgan fingerprint density at radius 3 is 2.71 bits per heavy atom. The maximum absolute atomic E-state index is 12.1. The Hall–Kier alpha value is -1.56. The largest absolute Gasteiger partial charge is 0.496 e. The summed E-state index contributed by atoms with van der Waals surface area (Å²) in [7, 11) is 2.94. The summed E-state index contributed by atoms with van der Waals surface area (Å²) in [6, 6.07) is 4.94. The molecule has 2 unspecified atom stereocenters. The van der Waals surface area contributed by atoms with Gasteiger partial charge in [-0.2, -0.15) is 0 Å². The molecule has 1 aliphatic heterocycles. The number of amides is 1. The summed E-state index contributed by atoms with van der Waals surface area (Å²) in [4.78, 5) is 25.5. The maximum atomic E-state index is 12.1. The minimum atomic E-state index is -0.502. The highest BCUT2D eigenvalue weighted by Gasteiger charge is 2.39. The van der Waals surface area contributed by atoms with Crippen LogP contribution in [-0.2, 0) is 14.3 Å². The second-order valence-corrected chi connectivity index (χ2v) is 5.80. The van der Waals surface area contributed by atoms with Gasteiger partial charge in [0.05, 0.1) is 24.7 Å². The molecule has 1 aromatic carbocycles. The number of likely N-dealkylation sites (tertiary alicyclic amines) is 1. The molecular formula is C15H18BrNO4. The minimum Gasteiger partial charge on any atom is -0.496 e. The Morgan fingerprint density at radius 2 is 2.14 bits per heavy atom. The molecule has 6 heteroatoms. The quantitative estimate of drug-likeness (QED) is 0.779. The monoisotopic (exact) mass is 355 g/mol. The van der Waals surface area contributed by atoms with Gasteiger partial charge < -0.3 is 14.4 Å². The summed E-state index contributed by atoms with van der Waals surface area (Å²) >= 11 is 3.44. The van der Waals surface area contributed by atoms with Crippen LogP contribution in [0.5, 0.6) is 5.75 Å². The third kappa shape index (κ3) is 3.05. The van der Waals surface area contributed by atoms with Crippen molar-refractivity contribution in [3.05, 3.63) is 28.2 Å². The van der Waals surface area contributed by atoms with Crippen molar-refractivity contribution in [3.63, 3.8) is 0 Å². The van der Waals surface area contributed by atoms with E-state index in [1.54, 1.807) is 12.0 Å². The van der Waals surface area contributed by atoms with E-state index >= 15 is 0 Å². The van der Waals surface area contributed by atoms with Gasteiger partial charge in [-0.3, -0.25) is 4.79 Å². The Kier molecular flexibility index (Phi) is 4.88. The SMILES string of the molecule is COC(=O)C1CCC(=O)N1C(C)c1ccc(OC)c(Br)c1. The van der Waals surface area contributed by atoms with Crippen LogP contribution in [-0.4, -0.2) is 37.0 Å². The number of carbonyl (C=O) groups is 2. The summed E-state index contributed by atoms with van der Waals surface area (Å²) in [6.07, 6.45) is 0.884. The molecule has 1 heterocycles. The molecule has 2 atom stereocenters. The fourth-order valence-electron chi connectivity index (χ4n) is 2.66. The normalized spacial score (nSPS) is 19.5. The van der Waals surface area contributed by atoms with Crippen molar-refractivity contribution in [1.29, 1.82) is 0 Å². The summed E-state index contributed by atoms with van der Waals surface area (Å²) in [5, 5.41) is 0. The second kappa shape index (κ2) is 6.47. The molecule has 1 aliphatic rings. The number of hydrogen-bond donors (Lipinski definition) is 0. The molecule has 0 saturated carbocycles. The van der Waals surface area contributed by atoms with Crippen molar-refractivity contribution >= 4 is 27.8 Å². The average Bonchev–Trinajstić information content (AvgIpc) is 2.87. The second-order valence-electron chi connectivity index (χ2n) is 4.95. The van der Waals surface area contributed by atoms with Crippen LogP contribution in [0.1, 0.15) is 31.4 Å². The molecule has 1 amide bonds. The van der Waals surface area contributed by atoms with Gasteiger partial charge in [-0.15, -0.1) is 0 Å². The van der Waals surface area contributed by atoms with Crippen LogP contribution in [0.15, 0.2) is 22.7 Å². The third-order valence-electron chi connectivity index (χ3n) is 3.80. The van der Waals surface area contributed by atoms with Crippen LogP contribution in [0.25, 0.3) is 0 Å². The minimum absolute atomic E-state index is 0.0233. The molecule has 1 saturated heterocycles. The van der Waals surface area contributed by atoms with E-state index in [0.29, 0.717) is 12.8 Å².